The number of hydrogen-bond acceptors (Lipinski definition) is 4. The summed E-state index contributed by atoms with van der Waals surface area (Å²) in [4.78, 5) is 11.7. The molecule has 0 aliphatic carbocycles. The van der Waals surface area contributed by atoms with Gasteiger partial charge in [0.05, 0.1) is 24.3 Å². The second-order valence-electron chi connectivity index (χ2n) is 4.53. The van der Waals surface area contributed by atoms with Gasteiger partial charge < -0.3 is 20.1 Å². The molecule has 0 heterocycles. The monoisotopic (exact) mass is 300 g/mol. The minimum Gasteiger partial charge on any atom is -0.489 e. The lowest BCUT2D eigenvalue weighted by Crippen LogP contribution is -2.30. The molecule has 0 atom stereocenters. The zero-order valence-corrected chi connectivity index (χ0v) is 12.8. The number of carbonyl (C=O) groups is 1. The van der Waals surface area contributed by atoms with Crippen molar-refractivity contribution in [3.8, 4) is 5.75 Å². The fourth-order valence-electron chi connectivity index (χ4n) is 1.51. The molecule has 0 saturated carbocycles. The van der Waals surface area contributed by atoms with Crippen molar-refractivity contribution < 1.29 is 14.3 Å². The standard InChI is InChI=1S/C14H21ClN2O3/c1-10(2)20-13-5-4-11(8-12(13)15)17-14(18)9-16-6-7-19-3/h4-5,8,10,16H,6-7,9H2,1-3H3,(H,17,18). The van der Waals surface area contributed by atoms with Gasteiger partial charge >= 0.3 is 0 Å². The van der Waals surface area contributed by atoms with E-state index in [9.17, 15) is 4.79 Å². The van der Waals surface area contributed by atoms with E-state index in [4.69, 9.17) is 21.1 Å². The third kappa shape index (κ3) is 6.23. The smallest absolute Gasteiger partial charge is 0.238 e. The van der Waals surface area contributed by atoms with E-state index in [0.29, 0.717) is 29.6 Å². The average molecular weight is 301 g/mol. The van der Waals surface area contributed by atoms with E-state index < -0.39 is 0 Å². The normalized spacial score (nSPS) is 10.7. The zero-order valence-electron chi connectivity index (χ0n) is 12.0. The summed E-state index contributed by atoms with van der Waals surface area (Å²) in [6.07, 6.45) is 0.0536. The van der Waals surface area contributed by atoms with Crippen LogP contribution in [-0.2, 0) is 9.53 Å². The van der Waals surface area contributed by atoms with E-state index >= 15 is 0 Å². The van der Waals surface area contributed by atoms with Crippen LogP contribution < -0.4 is 15.4 Å². The molecule has 0 saturated heterocycles. The quantitative estimate of drug-likeness (QED) is 0.723. The Labute approximate surface area is 124 Å². The summed E-state index contributed by atoms with van der Waals surface area (Å²) in [5, 5.41) is 6.20. The highest BCUT2D eigenvalue weighted by atomic mass is 35.5. The van der Waals surface area contributed by atoms with Gasteiger partial charge in [-0.25, -0.2) is 0 Å². The Bertz CT molecular complexity index is 438. The second kappa shape index (κ2) is 8.79. The van der Waals surface area contributed by atoms with Gasteiger partial charge in [-0.15, -0.1) is 0 Å². The number of benzene rings is 1. The van der Waals surface area contributed by atoms with Crippen molar-refractivity contribution in [2.24, 2.45) is 0 Å². The number of halogens is 1. The van der Waals surface area contributed by atoms with E-state index in [1.165, 1.54) is 0 Å². The van der Waals surface area contributed by atoms with Gasteiger partial charge in [-0.1, -0.05) is 11.6 Å². The Morgan fingerprint density at radius 3 is 2.75 bits per heavy atom. The molecule has 1 rings (SSSR count). The number of methoxy groups -OCH3 is 1. The molecule has 0 aromatic heterocycles. The van der Waals surface area contributed by atoms with Crippen molar-refractivity contribution in [2.45, 2.75) is 20.0 Å². The third-order valence-corrected chi connectivity index (χ3v) is 2.64. The maximum Gasteiger partial charge on any atom is 0.238 e. The molecule has 0 aliphatic heterocycles. The molecule has 1 aromatic carbocycles. The van der Waals surface area contributed by atoms with Gasteiger partial charge in [0.15, 0.2) is 0 Å². The number of carbonyl (C=O) groups excluding carboxylic acids is 1. The van der Waals surface area contributed by atoms with Gasteiger partial charge in [0, 0.05) is 19.3 Å². The summed E-state index contributed by atoms with van der Waals surface area (Å²) < 4.78 is 10.4. The predicted octanol–water partition coefficient (Wildman–Crippen LogP) is 2.30. The average Bonchev–Trinajstić information content (AvgIpc) is 2.37. The molecule has 0 bridgehead atoms. The zero-order chi connectivity index (χ0) is 15.0. The molecule has 0 unspecified atom stereocenters. The lowest BCUT2D eigenvalue weighted by molar-refractivity contribution is -0.115. The van der Waals surface area contributed by atoms with Crippen molar-refractivity contribution in [3.63, 3.8) is 0 Å². The highest BCUT2D eigenvalue weighted by Gasteiger charge is 2.07. The van der Waals surface area contributed by atoms with E-state index in [1.807, 2.05) is 13.8 Å². The van der Waals surface area contributed by atoms with Gasteiger partial charge in [0.1, 0.15) is 5.75 Å². The van der Waals surface area contributed by atoms with Gasteiger partial charge in [0.25, 0.3) is 0 Å². The van der Waals surface area contributed by atoms with Crippen molar-refractivity contribution in [1.82, 2.24) is 5.32 Å². The first-order chi connectivity index (χ1) is 9.52. The molecule has 2 N–H and O–H groups in total. The van der Waals surface area contributed by atoms with Crippen LogP contribution in [0.15, 0.2) is 18.2 Å². The summed E-state index contributed by atoms with van der Waals surface area (Å²) in [6, 6.07) is 5.18. The summed E-state index contributed by atoms with van der Waals surface area (Å²) in [5.74, 6) is 0.479. The summed E-state index contributed by atoms with van der Waals surface area (Å²) in [7, 11) is 1.62. The lowest BCUT2D eigenvalue weighted by atomic mass is 10.3. The molecule has 20 heavy (non-hydrogen) atoms. The Hall–Kier alpha value is -1.30. The molecule has 6 heteroatoms. The molecule has 0 spiro atoms. The Kier molecular flexibility index (Phi) is 7.36. The van der Waals surface area contributed by atoms with Crippen LogP contribution in [0.4, 0.5) is 5.69 Å². The van der Waals surface area contributed by atoms with E-state index in [1.54, 1.807) is 25.3 Å². The fraction of sp³-hybridized carbons (Fsp3) is 0.500. The van der Waals surface area contributed by atoms with Crippen molar-refractivity contribution in [2.75, 3.05) is 32.1 Å². The van der Waals surface area contributed by atoms with Gasteiger partial charge in [0.2, 0.25) is 5.91 Å². The van der Waals surface area contributed by atoms with Crippen LogP contribution in [0, 0.1) is 0 Å². The predicted molar refractivity (Wildman–Crippen MR) is 80.6 cm³/mol. The minimum absolute atomic E-state index is 0.0536. The lowest BCUT2D eigenvalue weighted by Gasteiger charge is -2.13. The second-order valence-corrected chi connectivity index (χ2v) is 4.94. The number of hydrogen-bond donors (Lipinski definition) is 2. The molecule has 0 aliphatic rings. The summed E-state index contributed by atoms with van der Waals surface area (Å²) in [5.41, 5.74) is 0.643. The number of rotatable bonds is 8. The van der Waals surface area contributed by atoms with E-state index in [-0.39, 0.29) is 18.6 Å². The number of amides is 1. The largest absolute Gasteiger partial charge is 0.489 e. The van der Waals surface area contributed by atoms with Crippen LogP contribution in [0.2, 0.25) is 5.02 Å². The van der Waals surface area contributed by atoms with E-state index in [0.717, 1.165) is 0 Å². The maximum absolute atomic E-state index is 11.7. The topological polar surface area (TPSA) is 59.6 Å². The number of ether oxygens (including phenoxy) is 2. The Morgan fingerprint density at radius 1 is 1.40 bits per heavy atom. The van der Waals surface area contributed by atoms with E-state index in [2.05, 4.69) is 10.6 Å². The Morgan fingerprint density at radius 2 is 2.15 bits per heavy atom. The first kappa shape index (κ1) is 16.8. The van der Waals surface area contributed by atoms with Gasteiger partial charge in [-0.2, -0.15) is 0 Å². The molecule has 0 fully saturated rings. The first-order valence-electron chi connectivity index (χ1n) is 6.48. The number of nitrogens with one attached hydrogen (secondary N) is 2. The summed E-state index contributed by atoms with van der Waals surface area (Å²) >= 11 is 6.09. The molecule has 5 nitrogen and oxygen atoms in total. The summed E-state index contributed by atoms with van der Waals surface area (Å²) in [6.45, 7) is 5.28. The first-order valence-corrected chi connectivity index (χ1v) is 6.86. The molecule has 1 amide bonds. The molecule has 0 radical (unpaired) electrons. The number of anilines is 1. The van der Waals surface area contributed by atoms with Gasteiger partial charge in [-0.05, 0) is 32.0 Å². The van der Waals surface area contributed by atoms with Crippen molar-refractivity contribution in [3.05, 3.63) is 23.2 Å². The molecule has 112 valence electrons. The van der Waals surface area contributed by atoms with Crippen molar-refractivity contribution in [1.29, 1.82) is 0 Å². The van der Waals surface area contributed by atoms with Crippen LogP contribution in [-0.4, -0.2) is 38.8 Å². The fourth-order valence-corrected chi connectivity index (χ4v) is 1.73. The van der Waals surface area contributed by atoms with Crippen LogP contribution in [0.1, 0.15) is 13.8 Å². The van der Waals surface area contributed by atoms with Crippen LogP contribution in [0.25, 0.3) is 0 Å². The molecular weight excluding hydrogens is 280 g/mol. The molecule has 1 aromatic rings. The maximum atomic E-state index is 11.7. The van der Waals surface area contributed by atoms with Crippen molar-refractivity contribution >= 4 is 23.2 Å². The highest BCUT2D eigenvalue weighted by molar-refractivity contribution is 6.32. The van der Waals surface area contributed by atoms with Crippen LogP contribution in [0.5, 0.6) is 5.75 Å². The Balaban J connectivity index is 2.48. The molecular formula is C14H21ClN2O3. The minimum atomic E-state index is -0.130. The van der Waals surface area contributed by atoms with Crippen LogP contribution >= 0.6 is 11.6 Å². The van der Waals surface area contributed by atoms with Crippen LogP contribution in [0.3, 0.4) is 0 Å². The third-order valence-electron chi connectivity index (χ3n) is 2.35. The van der Waals surface area contributed by atoms with Gasteiger partial charge in [-0.3, -0.25) is 4.79 Å². The highest BCUT2D eigenvalue weighted by Crippen LogP contribution is 2.28. The SMILES string of the molecule is COCCNCC(=O)Nc1ccc(OC(C)C)c(Cl)c1.